The van der Waals surface area contributed by atoms with E-state index in [2.05, 4.69) is 30.8 Å². The third-order valence-corrected chi connectivity index (χ3v) is 8.96. The lowest BCUT2D eigenvalue weighted by Crippen LogP contribution is -2.43. The lowest BCUT2D eigenvalue weighted by Gasteiger charge is -2.45. The molecule has 202 valence electrons. The third-order valence-electron chi connectivity index (χ3n) is 7.25. The van der Waals surface area contributed by atoms with Gasteiger partial charge in [0.25, 0.3) is 0 Å². The van der Waals surface area contributed by atoms with Crippen molar-refractivity contribution in [2.45, 2.75) is 91.0 Å². The van der Waals surface area contributed by atoms with Crippen molar-refractivity contribution in [3.05, 3.63) is 17.5 Å². The first-order chi connectivity index (χ1) is 17.2. The van der Waals surface area contributed by atoms with Gasteiger partial charge >= 0.3 is 6.09 Å². The SMILES string of the molecule is Cc1nn(COCC[Si](C)(C)C)cc1-c1nn([C@H]2C[C@@]3(CCN(C(=O)OC(C)(C)C)C3)C2)c(N)c1C#N. The number of nitrogens with zero attached hydrogens (tertiary/aromatic N) is 6. The number of aromatic nitrogens is 4. The predicted octanol–water partition coefficient (Wildman–Crippen LogP) is 4.78. The zero-order chi connectivity index (χ0) is 27.2. The van der Waals surface area contributed by atoms with Crippen molar-refractivity contribution < 1.29 is 14.3 Å². The van der Waals surface area contributed by atoms with Crippen molar-refractivity contribution in [1.82, 2.24) is 24.5 Å². The van der Waals surface area contributed by atoms with E-state index in [4.69, 9.17) is 20.3 Å². The molecule has 1 saturated carbocycles. The number of hydrogen-bond acceptors (Lipinski definition) is 7. The molecule has 3 heterocycles. The summed E-state index contributed by atoms with van der Waals surface area (Å²) < 4.78 is 15.0. The van der Waals surface area contributed by atoms with Crippen LogP contribution in [0.3, 0.4) is 0 Å². The van der Waals surface area contributed by atoms with E-state index in [0.717, 1.165) is 36.6 Å². The average molecular weight is 528 g/mol. The number of anilines is 1. The van der Waals surface area contributed by atoms with Gasteiger partial charge < -0.3 is 20.1 Å². The molecule has 0 bridgehead atoms. The fourth-order valence-corrected chi connectivity index (χ4v) is 6.00. The molecular weight excluding hydrogens is 486 g/mol. The molecule has 4 rings (SSSR count). The van der Waals surface area contributed by atoms with Gasteiger partial charge in [0.05, 0.1) is 11.7 Å². The van der Waals surface area contributed by atoms with E-state index in [0.29, 0.717) is 43.5 Å². The van der Waals surface area contributed by atoms with Gasteiger partial charge in [-0.2, -0.15) is 15.5 Å². The molecule has 2 N–H and O–H groups in total. The summed E-state index contributed by atoms with van der Waals surface area (Å²) in [6, 6.07) is 3.45. The highest BCUT2D eigenvalue weighted by molar-refractivity contribution is 6.76. The van der Waals surface area contributed by atoms with Crippen molar-refractivity contribution >= 4 is 20.0 Å². The summed E-state index contributed by atoms with van der Waals surface area (Å²) >= 11 is 0. The van der Waals surface area contributed by atoms with Gasteiger partial charge in [-0.15, -0.1) is 0 Å². The smallest absolute Gasteiger partial charge is 0.410 e. The molecular formula is C26H41N7O3Si. The van der Waals surface area contributed by atoms with Crippen LogP contribution in [0.2, 0.25) is 25.7 Å². The van der Waals surface area contributed by atoms with Crippen LogP contribution in [0.1, 0.15) is 57.3 Å². The second-order valence-corrected chi connectivity index (χ2v) is 18.5. The molecule has 1 aliphatic heterocycles. The normalized spacial score (nSPS) is 21.8. The molecule has 2 fully saturated rings. The minimum absolute atomic E-state index is 0.0565. The number of hydrogen-bond donors (Lipinski definition) is 1. The first kappa shape index (κ1) is 27.2. The van der Waals surface area contributed by atoms with Crippen LogP contribution < -0.4 is 5.73 Å². The largest absolute Gasteiger partial charge is 0.444 e. The van der Waals surface area contributed by atoms with E-state index in [1.807, 2.05) is 38.8 Å². The van der Waals surface area contributed by atoms with Crippen molar-refractivity contribution in [3.8, 4) is 17.3 Å². The summed E-state index contributed by atoms with van der Waals surface area (Å²) in [6.45, 7) is 17.0. The zero-order valence-corrected chi connectivity index (χ0v) is 24.3. The summed E-state index contributed by atoms with van der Waals surface area (Å²) in [5.74, 6) is 0.387. The summed E-state index contributed by atoms with van der Waals surface area (Å²) in [7, 11) is -1.15. The number of carbonyl (C=O) groups is 1. The van der Waals surface area contributed by atoms with Crippen LogP contribution in [0.15, 0.2) is 6.20 Å². The molecule has 0 unspecified atom stereocenters. The predicted molar refractivity (Wildman–Crippen MR) is 145 cm³/mol. The fraction of sp³-hybridized carbons (Fsp3) is 0.692. The topological polar surface area (TPSA) is 124 Å². The Bertz CT molecular complexity index is 1190. The summed E-state index contributed by atoms with van der Waals surface area (Å²) in [6.07, 6.45) is 4.30. The number of carbonyl (C=O) groups excluding carboxylic acids is 1. The summed E-state index contributed by atoms with van der Waals surface area (Å²) in [4.78, 5) is 14.3. The maximum absolute atomic E-state index is 12.5. The van der Waals surface area contributed by atoms with Crippen LogP contribution in [0.5, 0.6) is 0 Å². The average Bonchev–Trinajstić information content (AvgIpc) is 3.43. The Morgan fingerprint density at radius 3 is 2.62 bits per heavy atom. The minimum atomic E-state index is -1.15. The first-order valence-corrected chi connectivity index (χ1v) is 16.8. The van der Waals surface area contributed by atoms with Gasteiger partial charge in [-0.05, 0) is 58.4 Å². The Labute approximate surface area is 220 Å². The number of amides is 1. The van der Waals surface area contributed by atoms with Crippen molar-refractivity contribution in [3.63, 3.8) is 0 Å². The Kier molecular flexibility index (Phi) is 7.20. The zero-order valence-electron chi connectivity index (χ0n) is 23.3. The number of nitrogen functional groups attached to an aromatic ring is 1. The molecule has 0 aromatic carbocycles. The first-order valence-electron chi connectivity index (χ1n) is 13.1. The number of likely N-dealkylation sites (tertiary alicyclic amines) is 1. The van der Waals surface area contributed by atoms with E-state index >= 15 is 0 Å². The molecule has 1 spiro atoms. The number of ether oxygens (including phenoxy) is 2. The van der Waals surface area contributed by atoms with Gasteiger partial charge in [-0.25, -0.2) is 14.2 Å². The highest BCUT2D eigenvalue weighted by atomic mass is 28.3. The van der Waals surface area contributed by atoms with Crippen molar-refractivity contribution in [2.75, 3.05) is 25.4 Å². The molecule has 1 aliphatic carbocycles. The van der Waals surface area contributed by atoms with Crippen LogP contribution in [-0.4, -0.2) is 63.9 Å². The van der Waals surface area contributed by atoms with E-state index < -0.39 is 13.7 Å². The van der Waals surface area contributed by atoms with E-state index in [9.17, 15) is 10.1 Å². The molecule has 0 radical (unpaired) electrons. The Hall–Kier alpha value is -2.84. The number of rotatable bonds is 7. The fourth-order valence-electron chi connectivity index (χ4n) is 5.24. The third kappa shape index (κ3) is 6.01. The Balaban J connectivity index is 1.43. The van der Waals surface area contributed by atoms with Gasteiger partial charge in [0.1, 0.15) is 35.5 Å². The summed E-state index contributed by atoms with van der Waals surface area (Å²) in [5, 5.41) is 19.3. The van der Waals surface area contributed by atoms with Crippen LogP contribution in [0.4, 0.5) is 10.6 Å². The van der Waals surface area contributed by atoms with Gasteiger partial charge in [0.2, 0.25) is 0 Å². The van der Waals surface area contributed by atoms with E-state index in [1.165, 1.54) is 0 Å². The van der Waals surface area contributed by atoms with Gasteiger partial charge in [0, 0.05) is 39.5 Å². The second kappa shape index (κ2) is 9.80. The lowest BCUT2D eigenvalue weighted by molar-refractivity contribution is 0.0188. The molecule has 2 aromatic rings. The molecule has 1 amide bonds. The molecule has 11 heteroatoms. The van der Waals surface area contributed by atoms with Crippen LogP contribution in [0, 0.1) is 23.7 Å². The highest BCUT2D eigenvalue weighted by Crippen LogP contribution is 2.55. The van der Waals surface area contributed by atoms with Crippen LogP contribution >= 0.6 is 0 Å². The second-order valence-electron chi connectivity index (χ2n) is 12.9. The van der Waals surface area contributed by atoms with E-state index in [1.54, 1.807) is 9.36 Å². The van der Waals surface area contributed by atoms with Gasteiger partial charge in [-0.3, -0.25) is 0 Å². The molecule has 2 aromatic heterocycles. The van der Waals surface area contributed by atoms with Gasteiger partial charge in [-0.1, -0.05) is 19.6 Å². The van der Waals surface area contributed by atoms with Crippen molar-refractivity contribution in [1.29, 1.82) is 5.26 Å². The monoisotopic (exact) mass is 527 g/mol. The maximum atomic E-state index is 12.5. The van der Waals surface area contributed by atoms with Gasteiger partial charge in [0.15, 0.2) is 0 Å². The Morgan fingerprint density at radius 1 is 1.30 bits per heavy atom. The number of nitrogens with two attached hydrogens (primary N) is 1. The van der Waals surface area contributed by atoms with Crippen LogP contribution in [-0.2, 0) is 16.2 Å². The molecule has 37 heavy (non-hydrogen) atoms. The standard InChI is InChI=1S/C26H41N7O3Si/c1-18-21(15-32(29-18)17-35-10-11-37(5,6)7)22-20(14-27)23(28)33(30-22)19-12-26(13-19)8-9-31(16-26)24(34)36-25(2,3)4/h15,19H,8-13,16-17,28H2,1-7H3/t19-,26-. The van der Waals surface area contributed by atoms with E-state index in [-0.39, 0.29) is 17.6 Å². The summed E-state index contributed by atoms with van der Waals surface area (Å²) in [5.41, 5.74) is 8.50. The highest BCUT2D eigenvalue weighted by Gasteiger charge is 2.51. The minimum Gasteiger partial charge on any atom is -0.444 e. The number of aryl methyl sites for hydroxylation is 1. The quantitative estimate of drug-likeness (QED) is 0.406. The van der Waals surface area contributed by atoms with Crippen LogP contribution in [0.25, 0.3) is 11.3 Å². The number of nitriles is 1. The molecule has 1 saturated heterocycles. The molecule has 0 atom stereocenters. The maximum Gasteiger partial charge on any atom is 0.410 e. The lowest BCUT2D eigenvalue weighted by atomic mass is 9.65. The van der Waals surface area contributed by atoms with Crippen molar-refractivity contribution in [2.24, 2.45) is 5.41 Å². The molecule has 2 aliphatic rings. The molecule has 10 nitrogen and oxygen atoms in total. The Morgan fingerprint density at radius 2 is 2.00 bits per heavy atom.